The molecule has 1 heterocycles. The van der Waals surface area contributed by atoms with E-state index in [0.717, 1.165) is 22.6 Å². The maximum Gasteiger partial charge on any atom is 0.271 e. The van der Waals surface area contributed by atoms with Gasteiger partial charge in [0.15, 0.2) is 0 Å². The van der Waals surface area contributed by atoms with Gasteiger partial charge in [0.05, 0.1) is 12.6 Å². The first kappa shape index (κ1) is 20.9. The van der Waals surface area contributed by atoms with Crippen molar-refractivity contribution in [3.63, 3.8) is 0 Å². The minimum Gasteiger partial charge on any atom is -0.494 e. The lowest BCUT2D eigenvalue weighted by Gasteiger charge is -2.15. The number of carbonyl (C=O) groups excluding carboxylic acids is 1. The molecule has 2 N–H and O–H groups in total. The number of amides is 1. The zero-order valence-corrected chi connectivity index (χ0v) is 17.7. The normalized spacial score (nSPS) is 12.2. The average Bonchev–Trinajstić information content (AvgIpc) is 3.25. The predicted molar refractivity (Wildman–Crippen MR) is 115 cm³/mol. The Morgan fingerprint density at radius 3 is 2.34 bits per heavy atom. The molecule has 1 atom stereocenters. The largest absolute Gasteiger partial charge is 0.494 e. The van der Waals surface area contributed by atoms with Gasteiger partial charge in [-0.3, -0.25) is 9.52 Å². The summed E-state index contributed by atoms with van der Waals surface area (Å²) in [5.74, 6) is 0.550. The molecule has 0 bridgehead atoms. The fraction of sp³-hybridized carbons (Fsp3) is 0.190. The van der Waals surface area contributed by atoms with Crippen LogP contribution in [-0.4, -0.2) is 20.9 Å². The van der Waals surface area contributed by atoms with E-state index in [2.05, 4.69) is 10.0 Å². The van der Waals surface area contributed by atoms with E-state index in [-0.39, 0.29) is 16.2 Å². The topological polar surface area (TPSA) is 84.5 Å². The van der Waals surface area contributed by atoms with Crippen LogP contribution in [0.5, 0.6) is 5.75 Å². The van der Waals surface area contributed by atoms with Crippen molar-refractivity contribution in [1.29, 1.82) is 0 Å². The van der Waals surface area contributed by atoms with E-state index in [4.69, 9.17) is 4.74 Å². The molecule has 0 aliphatic carbocycles. The highest BCUT2D eigenvalue weighted by Crippen LogP contribution is 2.21. The first-order valence-corrected chi connectivity index (χ1v) is 11.5. The summed E-state index contributed by atoms with van der Waals surface area (Å²) >= 11 is 1.14. The Bertz CT molecular complexity index is 1050. The summed E-state index contributed by atoms with van der Waals surface area (Å²) in [5, 5.41) is 4.64. The van der Waals surface area contributed by atoms with Gasteiger partial charge in [0.25, 0.3) is 15.9 Å². The van der Waals surface area contributed by atoms with Crippen LogP contribution in [-0.2, 0) is 10.0 Å². The summed E-state index contributed by atoms with van der Waals surface area (Å²) in [6.07, 6.45) is 0. The zero-order valence-electron chi connectivity index (χ0n) is 16.1. The standard InChI is InChI=1S/C21H22N2O4S2/c1-3-27-19-12-8-16(9-13-19)15(2)22-21(24)17-6-10-18(11-7-17)23-29(25,26)20-5-4-14-28-20/h4-15,23H,3H2,1-2H3,(H,22,24). The Balaban J connectivity index is 1.62. The summed E-state index contributed by atoms with van der Waals surface area (Å²) in [6.45, 7) is 4.43. The molecule has 0 spiro atoms. The molecule has 0 radical (unpaired) electrons. The number of ether oxygens (including phenoxy) is 1. The van der Waals surface area contributed by atoms with Crippen molar-refractivity contribution < 1.29 is 17.9 Å². The lowest BCUT2D eigenvalue weighted by Crippen LogP contribution is -2.26. The van der Waals surface area contributed by atoms with Gasteiger partial charge in [-0.05, 0) is 67.3 Å². The van der Waals surface area contributed by atoms with E-state index in [9.17, 15) is 13.2 Å². The Kier molecular flexibility index (Phi) is 6.56. The van der Waals surface area contributed by atoms with Crippen LogP contribution in [0.25, 0.3) is 0 Å². The van der Waals surface area contributed by atoms with E-state index < -0.39 is 10.0 Å². The monoisotopic (exact) mass is 430 g/mol. The molecule has 8 heteroatoms. The molecule has 0 fully saturated rings. The van der Waals surface area contributed by atoms with Crippen LogP contribution in [0.4, 0.5) is 5.69 Å². The van der Waals surface area contributed by atoms with E-state index in [0.29, 0.717) is 17.9 Å². The second-order valence-corrected chi connectivity index (χ2v) is 9.17. The Hall–Kier alpha value is -2.84. The maximum atomic E-state index is 12.5. The van der Waals surface area contributed by atoms with Crippen molar-refractivity contribution in [1.82, 2.24) is 5.32 Å². The number of rotatable bonds is 8. The van der Waals surface area contributed by atoms with Gasteiger partial charge >= 0.3 is 0 Å². The van der Waals surface area contributed by atoms with Crippen molar-refractivity contribution in [2.75, 3.05) is 11.3 Å². The third kappa shape index (κ3) is 5.36. The van der Waals surface area contributed by atoms with E-state index in [1.54, 1.807) is 35.7 Å². The minimum atomic E-state index is -3.61. The highest BCUT2D eigenvalue weighted by molar-refractivity contribution is 7.94. The summed E-state index contributed by atoms with van der Waals surface area (Å²) < 4.78 is 32.7. The Labute approximate surface area is 174 Å². The van der Waals surface area contributed by atoms with Crippen LogP contribution in [0.1, 0.15) is 35.8 Å². The van der Waals surface area contributed by atoms with Crippen LogP contribution >= 0.6 is 11.3 Å². The number of anilines is 1. The fourth-order valence-electron chi connectivity index (χ4n) is 2.69. The third-order valence-corrected chi connectivity index (χ3v) is 6.98. The second-order valence-electron chi connectivity index (χ2n) is 6.31. The highest BCUT2D eigenvalue weighted by Gasteiger charge is 2.16. The molecule has 152 valence electrons. The number of hydrogen-bond acceptors (Lipinski definition) is 5. The predicted octanol–water partition coefficient (Wildman–Crippen LogP) is 4.44. The van der Waals surface area contributed by atoms with Gasteiger partial charge in [-0.2, -0.15) is 0 Å². The molecular formula is C21H22N2O4S2. The number of nitrogens with one attached hydrogen (secondary N) is 2. The molecule has 0 aliphatic heterocycles. The summed E-state index contributed by atoms with van der Waals surface area (Å²) in [4.78, 5) is 12.5. The zero-order chi connectivity index (χ0) is 20.9. The highest BCUT2D eigenvalue weighted by atomic mass is 32.2. The molecule has 1 unspecified atom stereocenters. The first-order valence-electron chi connectivity index (χ1n) is 9.09. The molecule has 0 aliphatic rings. The summed E-state index contributed by atoms with van der Waals surface area (Å²) in [7, 11) is -3.61. The SMILES string of the molecule is CCOc1ccc(C(C)NC(=O)c2ccc(NS(=O)(=O)c3cccs3)cc2)cc1. The van der Waals surface area contributed by atoms with E-state index in [1.165, 1.54) is 6.07 Å². The van der Waals surface area contributed by atoms with Crippen LogP contribution in [0.2, 0.25) is 0 Å². The number of carbonyl (C=O) groups is 1. The first-order chi connectivity index (χ1) is 13.9. The molecular weight excluding hydrogens is 408 g/mol. The average molecular weight is 431 g/mol. The molecule has 1 amide bonds. The molecule has 3 aromatic rings. The summed E-state index contributed by atoms with van der Waals surface area (Å²) in [6, 6.07) is 16.9. The Morgan fingerprint density at radius 2 is 1.76 bits per heavy atom. The van der Waals surface area contributed by atoms with E-state index >= 15 is 0 Å². The maximum absolute atomic E-state index is 12.5. The lowest BCUT2D eigenvalue weighted by atomic mass is 10.1. The van der Waals surface area contributed by atoms with Crippen molar-refractivity contribution in [3.05, 3.63) is 77.2 Å². The van der Waals surface area contributed by atoms with Gasteiger partial charge in [0, 0.05) is 11.3 Å². The van der Waals surface area contributed by atoms with Gasteiger partial charge in [-0.15, -0.1) is 11.3 Å². The molecule has 6 nitrogen and oxygen atoms in total. The smallest absolute Gasteiger partial charge is 0.271 e. The fourth-order valence-corrected chi connectivity index (χ4v) is 4.75. The Morgan fingerprint density at radius 1 is 1.07 bits per heavy atom. The van der Waals surface area contributed by atoms with Crippen LogP contribution < -0.4 is 14.8 Å². The molecule has 0 saturated heterocycles. The van der Waals surface area contributed by atoms with Gasteiger partial charge in [-0.1, -0.05) is 18.2 Å². The number of benzene rings is 2. The minimum absolute atomic E-state index is 0.185. The summed E-state index contributed by atoms with van der Waals surface area (Å²) in [5.41, 5.74) is 1.80. The van der Waals surface area contributed by atoms with Crippen molar-refractivity contribution in [2.45, 2.75) is 24.1 Å². The molecule has 1 aromatic heterocycles. The van der Waals surface area contributed by atoms with Gasteiger partial charge in [0.1, 0.15) is 9.96 Å². The molecule has 0 saturated carbocycles. The third-order valence-electron chi connectivity index (χ3n) is 4.20. The number of thiophene rings is 1. The lowest BCUT2D eigenvalue weighted by molar-refractivity contribution is 0.0940. The number of sulfonamides is 1. The molecule has 29 heavy (non-hydrogen) atoms. The van der Waals surface area contributed by atoms with Crippen LogP contribution in [0.3, 0.4) is 0 Å². The molecule has 2 aromatic carbocycles. The van der Waals surface area contributed by atoms with Crippen molar-refractivity contribution >= 4 is 33.0 Å². The van der Waals surface area contributed by atoms with Crippen LogP contribution in [0.15, 0.2) is 70.3 Å². The van der Waals surface area contributed by atoms with Crippen molar-refractivity contribution in [3.8, 4) is 5.75 Å². The second kappa shape index (κ2) is 9.11. The number of hydrogen-bond donors (Lipinski definition) is 2. The van der Waals surface area contributed by atoms with E-state index in [1.807, 2.05) is 38.1 Å². The molecule has 3 rings (SSSR count). The quantitative estimate of drug-likeness (QED) is 0.553. The van der Waals surface area contributed by atoms with Crippen molar-refractivity contribution in [2.24, 2.45) is 0 Å². The van der Waals surface area contributed by atoms with Gasteiger partial charge in [0.2, 0.25) is 0 Å². The van der Waals surface area contributed by atoms with Crippen LogP contribution in [0, 0.1) is 0 Å². The van der Waals surface area contributed by atoms with Gasteiger partial charge < -0.3 is 10.1 Å². The van der Waals surface area contributed by atoms with Gasteiger partial charge in [-0.25, -0.2) is 8.42 Å².